The second kappa shape index (κ2) is 9.48. The number of hydrogen-bond acceptors (Lipinski definition) is 5. The highest BCUT2D eigenvalue weighted by molar-refractivity contribution is 5.95. The SMILES string of the molecule is Cc1cc(C)c(-c2cc(NC(=O)COC(=O)c3ccccn3)n(-c3ccccc3)n2)cc1C. The molecule has 0 saturated carbocycles. The van der Waals surface area contributed by atoms with Crippen molar-refractivity contribution in [2.45, 2.75) is 20.8 Å². The van der Waals surface area contributed by atoms with Crippen LogP contribution in [-0.2, 0) is 9.53 Å². The third-order valence-electron chi connectivity index (χ3n) is 5.30. The summed E-state index contributed by atoms with van der Waals surface area (Å²) in [5.41, 5.74) is 6.14. The topological polar surface area (TPSA) is 86.1 Å². The highest BCUT2D eigenvalue weighted by atomic mass is 16.5. The first kappa shape index (κ1) is 22.0. The zero-order chi connectivity index (χ0) is 23.4. The third kappa shape index (κ3) is 4.98. The lowest BCUT2D eigenvalue weighted by Crippen LogP contribution is -2.22. The fraction of sp³-hybridized carbons (Fsp3) is 0.154. The van der Waals surface area contributed by atoms with E-state index in [0.29, 0.717) is 5.82 Å². The Labute approximate surface area is 192 Å². The van der Waals surface area contributed by atoms with Gasteiger partial charge in [-0.15, -0.1) is 0 Å². The van der Waals surface area contributed by atoms with Crippen molar-refractivity contribution in [2.75, 3.05) is 11.9 Å². The lowest BCUT2D eigenvalue weighted by molar-refractivity contribution is -0.119. The Morgan fingerprint density at radius 1 is 0.909 bits per heavy atom. The molecule has 2 aromatic heterocycles. The Hall–Kier alpha value is -4.26. The summed E-state index contributed by atoms with van der Waals surface area (Å²) < 4.78 is 6.77. The minimum Gasteiger partial charge on any atom is -0.451 e. The number of esters is 1. The molecule has 4 rings (SSSR count). The Bertz CT molecular complexity index is 1300. The van der Waals surface area contributed by atoms with Crippen molar-refractivity contribution in [3.63, 3.8) is 0 Å². The molecule has 0 fully saturated rings. The van der Waals surface area contributed by atoms with Crippen LogP contribution in [0, 0.1) is 20.8 Å². The molecule has 2 aromatic carbocycles. The molecule has 0 aliphatic heterocycles. The molecular weight excluding hydrogens is 416 g/mol. The number of hydrogen-bond donors (Lipinski definition) is 1. The summed E-state index contributed by atoms with van der Waals surface area (Å²) in [4.78, 5) is 28.6. The Kier molecular flexibility index (Phi) is 6.31. The molecule has 2 heterocycles. The van der Waals surface area contributed by atoms with E-state index in [-0.39, 0.29) is 5.69 Å². The summed E-state index contributed by atoms with van der Waals surface area (Å²) in [6.45, 7) is 5.74. The molecular formula is C26H24N4O3. The van der Waals surface area contributed by atoms with Gasteiger partial charge in [-0.25, -0.2) is 14.5 Å². The van der Waals surface area contributed by atoms with Gasteiger partial charge in [-0.05, 0) is 67.8 Å². The Morgan fingerprint density at radius 2 is 1.64 bits per heavy atom. The van der Waals surface area contributed by atoms with Crippen molar-refractivity contribution >= 4 is 17.7 Å². The summed E-state index contributed by atoms with van der Waals surface area (Å²) in [5.74, 6) is -0.652. The molecule has 33 heavy (non-hydrogen) atoms. The second-order valence-electron chi connectivity index (χ2n) is 7.75. The number of rotatable bonds is 6. The van der Waals surface area contributed by atoms with Crippen LogP contribution in [-0.4, -0.2) is 33.2 Å². The van der Waals surface area contributed by atoms with Gasteiger partial charge in [0.05, 0.1) is 11.4 Å². The molecule has 0 unspecified atom stereocenters. The minimum atomic E-state index is -0.659. The highest BCUT2D eigenvalue weighted by Gasteiger charge is 2.17. The van der Waals surface area contributed by atoms with E-state index in [1.54, 1.807) is 16.8 Å². The number of aromatic nitrogens is 3. The van der Waals surface area contributed by atoms with E-state index < -0.39 is 18.5 Å². The molecule has 0 aliphatic rings. The summed E-state index contributed by atoms with van der Waals surface area (Å²) in [7, 11) is 0. The molecule has 0 saturated heterocycles. The van der Waals surface area contributed by atoms with Crippen LogP contribution in [0.2, 0.25) is 0 Å². The molecule has 0 spiro atoms. The van der Waals surface area contributed by atoms with E-state index in [1.807, 2.05) is 43.3 Å². The van der Waals surface area contributed by atoms with E-state index in [9.17, 15) is 9.59 Å². The first-order valence-corrected chi connectivity index (χ1v) is 10.5. The molecule has 166 valence electrons. The zero-order valence-corrected chi connectivity index (χ0v) is 18.7. The maximum absolute atomic E-state index is 12.6. The summed E-state index contributed by atoms with van der Waals surface area (Å²) in [5, 5.41) is 7.58. The molecule has 4 aromatic rings. The number of carbonyl (C=O) groups is 2. The molecule has 1 N–H and O–H groups in total. The molecule has 7 nitrogen and oxygen atoms in total. The number of nitrogens with zero attached hydrogens (tertiary/aromatic N) is 3. The standard InChI is InChI=1S/C26H24N4O3/c1-17-13-19(3)21(14-18(17)2)23-15-24(30(29-23)20-9-5-4-6-10-20)28-25(31)16-33-26(32)22-11-7-8-12-27-22/h4-15H,16H2,1-3H3,(H,28,31). The molecule has 1 amide bonds. The smallest absolute Gasteiger partial charge is 0.357 e. The second-order valence-corrected chi connectivity index (χ2v) is 7.75. The number of anilines is 1. The molecule has 7 heteroatoms. The first-order chi connectivity index (χ1) is 15.9. The van der Waals surface area contributed by atoms with Crippen LogP contribution >= 0.6 is 0 Å². The highest BCUT2D eigenvalue weighted by Crippen LogP contribution is 2.29. The van der Waals surface area contributed by atoms with Gasteiger partial charge in [0.1, 0.15) is 11.5 Å². The number of nitrogens with one attached hydrogen (secondary N) is 1. The summed E-state index contributed by atoms with van der Waals surface area (Å²) >= 11 is 0. The van der Waals surface area contributed by atoms with Crippen molar-refractivity contribution in [1.82, 2.24) is 14.8 Å². The number of pyridine rings is 1. The van der Waals surface area contributed by atoms with Crippen molar-refractivity contribution in [1.29, 1.82) is 0 Å². The molecule has 0 bridgehead atoms. The number of aryl methyl sites for hydroxylation is 3. The van der Waals surface area contributed by atoms with Crippen LogP contribution in [0.15, 0.2) is 72.9 Å². The van der Waals surface area contributed by atoms with Gasteiger partial charge in [0, 0.05) is 17.8 Å². The Morgan fingerprint density at radius 3 is 2.36 bits per heavy atom. The largest absolute Gasteiger partial charge is 0.451 e. The van der Waals surface area contributed by atoms with Crippen LogP contribution in [0.3, 0.4) is 0 Å². The summed E-state index contributed by atoms with van der Waals surface area (Å²) in [6, 6.07) is 20.5. The predicted molar refractivity (Wildman–Crippen MR) is 126 cm³/mol. The zero-order valence-electron chi connectivity index (χ0n) is 18.7. The minimum absolute atomic E-state index is 0.145. The predicted octanol–water partition coefficient (Wildman–Crippen LogP) is 4.66. The van der Waals surface area contributed by atoms with E-state index in [4.69, 9.17) is 9.84 Å². The van der Waals surface area contributed by atoms with Crippen molar-refractivity contribution in [2.24, 2.45) is 0 Å². The average molecular weight is 441 g/mol. The molecule has 0 atom stereocenters. The maximum atomic E-state index is 12.6. The molecule has 0 radical (unpaired) electrons. The lowest BCUT2D eigenvalue weighted by Gasteiger charge is -2.09. The van der Waals surface area contributed by atoms with Gasteiger partial charge in [0.2, 0.25) is 0 Å². The van der Waals surface area contributed by atoms with Crippen LogP contribution in [0.5, 0.6) is 0 Å². The van der Waals surface area contributed by atoms with Gasteiger partial charge in [-0.3, -0.25) is 4.79 Å². The lowest BCUT2D eigenvalue weighted by atomic mass is 9.99. The van der Waals surface area contributed by atoms with Crippen LogP contribution < -0.4 is 5.32 Å². The van der Waals surface area contributed by atoms with Gasteiger partial charge in [-0.1, -0.05) is 30.3 Å². The normalized spacial score (nSPS) is 10.6. The van der Waals surface area contributed by atoms with E-state index in [0.717, 1.165) is 28.1 Å². The maximum Gasteiger partial charge on any atom is 0.357 e. The van der Waals surface area contributed by atoms with Crippen molar-refractivity contribution in [3.8, 4) is 16.9 Å². The van der Waals surface area contributed by atoms with Crippen molar-refractivity contribution < 1.29 is 14.3 Å². The number of para-hydroxylation sites is 1. The van der Waals surface area contributed by atoms with Crippen LogP contribution in [0.4, 0.5) is 5.82 Å². The summed E-state index contributed by atoms with van der Waals surface area (Å²) in [6.07, 6.45) is 1.49. The third-order valence-corrected chi connectivity index (χ3v) is 5.30. The number of amides is 1. The quantitative estimate of drug-likeness (QED) is 0.441. The average Bonchev–Trinajstić information content (AvgIpc) is 3.24. The van der Waals surface area contributed by atoms with Gasteiger partial charge in [-0.2, -0.15) is 5.10 Å². The number of benzene rings is 2. The number of ether oxygens (including phenoxy) is 1. The Balaban J connectivity index is 1.59. The van der Waals surface area contributed by atoms with Gasteiger partial charge in [0.15, 0.2) is 6.61 Å². The van der Waals surface area contributed by atoms with Crippen LogP contribution in [0.1, 0.15) is 27.2 Å². The van der Waals surface area contributed by atoms with Gasteiger partial charge < -0.3 is 10.1 Å². The molecule has 0 aliphatic carbocycles. The van der Waals surface area contributed by atoms with Gasteiger partial charge in [0.25, 0.3) is 5.91 Å². The number of carbonyl (C=O) groups excluding carboxylic acids is 2. The van der Waals surface area contributed by atoms with Crippen molar-refractivity contribution in [3.05, 3.63) is 95.3 Å². The fourth-order valence-corrected chi connectivity index (χ4v) is 3.47. The van der Waals surface area contributed by atoms with E-state index in [2.05, 4.69) is 36.3 Å². The van der Waals surface area contributed by atoms with Crippen LogP contribution in [0.25, 0.3) is 16.9 Å². The van der Waals surface area contributed by atoms with E-state index in [1.165, 1.54) is 17.8 Å². The van der Waals surface area contributed by atoms with Gasteiger partial charge >= 0.3 is 5.97 Å². The fourth-order valence-electron chi connectivity index (χ4n) is 3.47. The monoisotopic (exact) mass is 440 g/mol. The van der Waals surface area contributed by atoms with E-state index >= 15 is 0 Å². The first-order valence-electron chi connectivity index (χ1n) is 10.5.